The fourth-order valence-corrected chi connectivity index (χ4v) is 2.24. The van der Waals surface area contributed by atoms with Crippen LogP contribution in [-0.2, 0) is 0 Å². The lowest BCUT2D eigenvalue weighted by Gasteiger charge is -2.16. The Labute approximate surface area is 111 Å². The second kappa shape index (κ2) is 4.90. The maximum Gasteiger partial charge on any atom is 0.256 e. The lowest BCUT2D eigenvalue weighted by molar-refractivity contribution is 0.0778. The van der Waals surface area contributed by atoms with Gasteiger partial charge in [0, 0.05) is 11.0 Å². The van der Waals surface area contributed by atoms with E-state index < -0.39 is 17.9 Å². The molecule has 0 aliphatic carbocycles. The first-order valence-electron chi connectivity index (χ1n) is 5.07. The molecule has 2 nitrogen and oxygen atoms in total. The highest BCUT2D eigenvalue weighted by molar-refractivity contribution is 9.10. The molecule has 1 saturated heterocycles. The molecule has 17 heavy (non-hydrogen) atoms. The number of carbonyl (C=O) groups excluding carboxylic acids is 1. The van der Waals surface area contributed by atoms with E-state index in [0.717, 1.165) is 6.07 Å². The monoisotopic (exact) mass is 323 g/mol. The van der Waals surface area contributed by atoms with E-state index in [1.165, 1.54) is 11.0 Å². The van der Waals surface area contributed by atoms with Crippen LogP contribution in [0, 0.1) is 5.82 Å². The van der Waals surface area contributed by atoms with E-state index >= 15 is 0 Å². The molecule has 0 saturated carbocycles. The van der Waals surface area contributed by atoms with Crippen molar-refractivity contribution in [1.29, 1.82) is 0 Å². The van der Waals surface area contributed by atoms with Gasteiger partial charge in [-0.1, -0.05) is 11.6 Å². The average Bonchev–Trinajstić information content (AvgIpc) is 2.69. The van der Waals surface area contributed by atoms with Crippen molar-refractivity contribution >= 4 is 33.4 Å². The predicted molar refractivity (Wildman–Crippen MR) is 64.5 cm³/mol. The molecule has 6 heteroatoms. The Kier molecular flexibility index (Phi) is 3.68. The molecule has 1 amide bonds. The first-order chi connectivity index (χ1) is 7.99. The van der Waals surface area contributed by atoms with Crippen LogP contribution in [0.2, 0.25) is 5.02 Å². The van der Waals surface area contributed by atoms with E-state index in [0.29, 0.717) is 17.4 Å². The van der Waals surface area contributed by atoms with Gasteiger partial charge in [-0.05, 0) is 34.5 Å². The van der Waals surface area contributed by atoms with Gasteiger partial charge in [-0.2, -0.15) is 0 Å². The Bertz CT molecular complexity index is 469. The molecule has 0 spiro atoms. The number of rotatable bonds is 1. The van der Waals surface area contributed by atoms with Crippen molar-refractivity contribution in [2.24, 2.45) is 0 Å². The Morgan fingerprint density at radius 1 is 1.53 bits per heavy atom. The summed E-state index contributed by atoms with van der Waals surface area (Å²) in [6.07, 6.45) is -0.717. The molecule has 0 radical (unpaired) electrons. The zero-order valence-corrected chi connectivity index (χ0v) is 11.1. The van der Waals surface area contributed by atoms with Crippen molar-refractivity contribution in [3.05, 3.63) is 33.0 Å². The minimum absolute atomic E-state index is 0.0198. The van der Waals surface area contributed by atoms with Gasteiger partial charge in [-0.3, -0.25) is 4.79 Å². The van der Waals surface area contributed by atoms with E-state index in [-0.39, 0.29) is 17.1 Å². The van der Waals surface area contributed by atoms with Crippen LogP contribution < -0.4 is 0 Å². The van der Waals surface area contributed by atoms with Crippen molar-refractivity contribution in [2.75, 3.05) is 13.1 Å². The summed E-state index contributed by atoms with van der Waals surface area (Å²) in [6.45, 7) is 0.332. The van der Waals surface area contributed by atoms with Crippen LogP contribution in [0.3, 0.4) is 0 Å². The fourth-order valence-electron chi connectivity index (χ4n) is 1.76. The van der Waals surface area contributed by atoms with Crippen LogP contribution in [0.5, 0.6) is 0 Å². The third-order valence-electron chi connectivity index (χ3n) is 2.66. The molecule has 1 heterocycles. The van der Waals surface area contributed by atoms with Crippen molar-refractivity contribution in [1.82, 2.24) is 4.90 Å². The lowest BCUT2D eigenvalue weighted by atomic mass is 10.2. The molecule has 0 N–H and O–H groups in total. The topological polar surface area (TPSA) is 20.3 Å². The van der Waals surface area contributed by atoms with E-state index in [2.05, 4.69) is 15.9 Å². The van der Waals surface area contributed by atoms with Gasteiger partial charge < -0.3 is 4.90 Å². The molecule has 1 fully saturated rings. The third-order valence-corrected chi connectivity index (χ3v) is 3.86. The summed E-state index contributed by atoms with van der Waals surface area (Å²) in [5.74, 6) is -1.18. The predicted octanol–water partition coefficient (Wildman–Crippen LogP) is 3.43. The number of carbonyl (C=O) groups is 1. The molecule has 0 aromatic heterocycles. The number of hydrogen-bond acceptors (Lipinski definition) is 1. The molecule has 1 aromatic carbocycles. The number of nitrogens with zero attached hydrogens (tertiary/aromatic N) is 1. The summed E-state index contributed by atoms with van der Waals surface area (Å²) in [7, 11) is 0. The van der Waals surface area contributed by atoms with Crippen LogP contribution in [0.25, 0.3) is 0 Å². The van der Waals surface area contributed by atoms with Crippen molar-refractivity contribution in [2.45, 2.75) is 12.6 Å². The van der Waals surface area contributed by atoms with Gasteiger partial charge in [-0.25, -0.2) is 8.78 Å². The van der Waals surface area contributed by atoms with Crippen molar-refractivity contribution in [3.63, 3.8) is 0 Å². The largest absolute Gasteiger partial charge is 0.336 e. The summed E-state index contributed by atoms with van der Waals surface area (Å²) < 4.78 is 27.0. The second-order valence-electron chi connectivity index (χ2n) is 3.88. The number of halogens is 4. The highest BCUT2D eigenvalue weighted by Gasteiger charge is 2.28. The maximum atomic E-state index is 13.6. The van der Waals surface area contributed by atoms with Gasteiger partial charge in [0.15, 0.2) is 0 Å². The normalized spacial score (nSPS) is 19.8. The molecule has 0 bridgehead atoms. The molecular weight excluding hydrogens is 315 g/mol. The van der Waals surface area contributed by atoms with E-state index in [1.807, 2.05) is 0 Å². The number of likely N-dealkylation sites (tertiary alicyclic amines) is 1. The number of benzene rings is 1. The highest BCUT2D eigenvalue weighted by Crippen LogP contribution is 2.27. The first kappa shape index (κ1) is 12.8. The Balaban J connectivity index is 2.28. The Morgan fingerprint density at radius 3 is 2.82 bits per heavy atom. The number of amides is 1. The Hall–Kier alpha value is -0.680. The van der Waals surface area contributed by atoms with Gasteiger partial charge in [0.25, 0.3) is 5.91 Å². The molecule has 1 aliphatic heterocycles. The first-order valence-corrected chi connectivity index (χ1v) is 6.24. The van der Waals surface area contributed by atoms with Crippen molar-refractivity contribution in [3.8, 4) is 0 Å². The molecule has 1 aliphatic rings. The molecule has 1 aromatic rings. The van der Waals surface area contributed by atoms with Crippen LogP contribution >= 0.6 is 27.5 Å². The van der Waals surface area contributed by atoms with Gasteiger partial charge in [-0.15, -0.1) is 0 Å². The van der Waals surface area contributed by atoms with Gasteiger partial charge in [0.05, 0.1) is 17.1 Å². The molecule has 1 atom stereocenters. The lowest BCUT2D eigenvalue weighted by Crippen LogP contribution is -2.29. The average molecular weight is 325 g/mol. The molecular formula is C11H9BrClF2NO. The third kappa shape index (κ3) is 2.60. The quantitative estimate of drug-likeness (QED) is 0.725. The standard InChI is InChI=1S/C11H9BrClF2NO/c12-8-4-10(15)7(3-9(8)13)11(17)16-2-1-6(14)5-16/h3-4,6H,1-2,5H2/t6-/m0/s1. The Morgan fingerprint density at radius 2 is 2.24 bits per heavy atom. The minimum Gasteiger partial charge on any atom is -0.336 e. The zero-order valence-electron chi connectivity index (χ0n) is 8.72. The summed E-state index contributed by atoms with van der Waals surface area (Å²) in [6, 6.07) is 2.40. The second-order valence-corrected chi connectivity index (χ2v) is 5.14. The van der Waals surface area contributed by atoms with E-state index in [4.69, 9.17) is 11.6 Å². The maximum absolute atomic E-state index is 13.6. The minimum atomic E-state index is -1.02. The van der Waals surface area contributed by atoms with Gasteiger partial charge >= 0.3 is 0 Å². The van der Waals surface area contributed by atoms with Crippen molar-refractivity contribution < 1.29 is 13.6 Å². The number of hydrogen-bond donors (Lipinski definition) is 0. The summed E-state index contributed by atoms with van der Waals surface area (Å²) in [4.78, 5) is 13.2. The fraction of sp³-hybridized carbons (Fsp3) is 0.364. The summed E-state index contributed by atoms with van der Waals surface area (Å²) in [5.41, 5.74) is -0.118. The van der Waals surface area contributed by atoms with Crippen LogP contribution in [0.1, 0.15) is 16.8 Å². The zero-order chi connectivity index (χ0) is 12.6. The smallest absolute Gasteiger partial charge is 0.256 e. The molecule has 92 valence electrons. The SMILES string of the molecule is O=C(c1cc(Cl)c(Br)cc1F)N1CC[C@H](F)C1. The van der Waals surface area contributed by atoms with Crippen LogP contribution in [0.15, 0.2) is 16.6 Å². The molecule has 0 unspecified atom stereocenters. The summed E-state index contributed by atoms with van der Waals surface area (Å²) in [5, 5.41) is 0.255. The summed E-state index contributed by atoms with van der Waals surface area (Å²) >= 11 is 8.87. The van der Waals surface area contributed by atoms with Crippen LogP contribution in [-0.4, -0.2) is 30.1 Å². The van der Waals surface area contributed by atoms with Gasteiger partial charge in [0.1, 0.15) is 12.0 Å². The van der Waals surface area contributed by atoms with E-state index in [1.54, 1.807) is 0 Å². The van der Waals surface area contributed by atoms with Gasteiger partial charge in [0.2, 0.25) is 0 Å². The van der Waals surface area contributed by atoms with Crippen LogP contribution in [0.4, 0.5) is 8.78 Å². The van der Waals surface area contributed by atoms with E-state index in [9.17, 15) is 13.6 Å². The highest BCUT2D eigenvalue weighted by atomic mass is 79.9. The molecule has 2 rings (SSSR count). The number of alkyl halides is 1.